The Balaban J connectivity index is 0. The summed E-state index contributed by atoms with van der Waals surface area (Å²) in [4.78, 5) is 20.5. The van der Waals surface area contributed by atoms with Gasteiger partial charge in [0, 0.05) is 12.2 Å². The number of aliphatic hydroxyl groups excluding tert-OH is 1. The van der Waals surface area contributed by atoms with Gasteiger partial charge in [-0.25, -0.2) is 4.79 Å². The van der Waals surface area contributed by atoms with Crippen LogP contribution < -0.4 is 5.73 Å². The molecule has 5 heteroatoms. The monoisotopic (exact) mass is 243 g/mol. The summed E-state index contributed by atoms with van der Waals surface area (Å²) in [7, 11) is 1.33. The molecule has 0 heterocycles. The summed E-state index contributed by atoms with van der Waals surface area (Å²) in [5, 5.41) is 8.43. The Kier molecular flexibility index (Phi) is 13.0. The third-order valence-electron chi connectivity index (χ3n) is 1.69. The van der Waals surface area contributed by atoms with Gasteiger partial charge in [0.1, 0.15) is 0 Å². The highest BCUT2D eigenvalue weighted by atomic mass is 16.5. The highest BCUT2D eigenvalue weighted by Gasteiger charge is 2.04. The number of aliphatic hydroxyl groups is 1. The van der Waals surface area contributed by atoms with Crippen molar-refractivity contribution in [3.63, 3.8) is 0 Å². The van der Waals surface area contributed by atoms with Crippen LogP contribution in [0.3, 0.4) is 0 Å². The molecule has 0 aliphatic carbocycles. The van der Waals surface area contributed by atoms with E-state index in [4.69, 9.17) is 5.11 Å². The second-order valence-electron chi connectivity index (χ2n) is 3.18. The van der Waals surface area contributed by atoms with Gasteiger partial charge < -0.3 is 15.6 Å². The number of nitrogens with two attached hydrogens (primary N) is 1. The topological polar surface area (TPSA) is 89.6 Å². The third kappa shape index (κ3) is 14.4. The molecule has 0 aliphatic rings. The van der Waals surface area contributed by atoms with Gasteiger partial charge in [0.2, 0.25) is 5.91 Å². The number of hydrogen-bond donors (Lipinski definition) is 2. The smallest absolute Gasteiger partial charge is 0.333 e. The first-order chi connectivity index (χ1) is 7.99. The Morgan fingerprint density at radius 2 is 2.00 bits per heavy atom. The van der Waals surface area contributed by atoms with Crippen LogP contribution in [0.1, 0.15) is 26.2 Å². The normalized spacial score (nSPS) is 9.35. The average molecular weight is 243 g/mol. The fraction of sp³-hybridized carbons (Fsp3) is 0.500. The number of carbonyl (C=O) groups is 2. The molecule has 0 fully saturated rings. The molecule has 5 nitrogen and oxygen atoms in total. The summed E-state index contributed by atoms with van der Waals surface area (Å²) in [5.74, 6) is -0.750. The van der Waals surface area contributed by atoms with Crippen LogP contribution in [0.4, 0.5) is 0 Å². The molecule has 98 valence electrons. The van der Waals surface area contributed by atoms with Gasteiger partial charge >= 0.3 is 5.97 Å². The van der Waals surface area contributed by atoms with Gasteiger partial charge in [-0.1, -0.05) is 12.7 Å². The molecule has 0 saturated heterocycles. The highest BCUT2D eigenvalue weighted by Crippen LogP contribution is 2.05. The molecule has 0 aromatic carbocycles. The van der Waals surface area contributed by atoms with Crippen LogP contribution in [0.15, 0.2) is 24.3 Å². The summed E-state index contributed by atoms with van der Waals surface area (Å²) in [6, 6.07) is 0. The highest BCUT2D eigenvalue weighted by molar-refractivity contribution is 5.87. The minimum absolute atomic E-state index is 0.161. The van der Waals surface area contributed by atoms with Crippen LogP contribution in [-0.2, 0) is 14.3 Å². The summed E-state index contributed by atoms with van der Waals surface area (Å²) < 4.78 is 4.44. The van der Waals surface area contributed by atoms with Crippen molar-refractivity contribution in [1.82, 2.24) is 0 Å². The van der Waals surface area contributed by atoms with E-state index in [0.29, 0.717) is 18.4 Å². The molecule has 1 amide bonds. The molecule has 0 rings (SSSR count). The predicted octanol–water partition coefficient (Wildman–Crippen LogP) is 0.926. The molecule has 0 unspecified atom stereocenters. The lowest BCUT2D eigenvalue weighted by molar-refractivity contribution is -0.136. The average Bonchev–Trinajstić information content (AvgIpc) is 2.28. The van der Waals surface area contributed by atoms with Crippen LogP contribution >= 0.6 is 0 Å². The van der Waals surface area contributed by atoms with Crippen molar-refractivity contribution in [3.8, 4) is 0 Å². The first kappa shape index (κ1) is 17.8. The zero-order valence-corrected chi connectivity index (χ0v) is 10.4. The minimum atomic E-state index is -0.391. The van der Waals surface area contributed by atoms with Gasteiger partial charge in [0.15, 0.2) is 0 Å². The van der Waals surface area contributed by atoms with Crippen LogP contribution in [0, 0.1) is 0 Å². The number of hydrogen-bond acceptors (Lipinski definition) is 4. The molecule has 0 aromatic heterocycles. The van der Waals surface area contributed by atoms with Crippen LogP contribution in [0.5, 0.6) is 0 Å². The van der Waals surface area contributed by atoms with E-state index in [1.807, 2.05) is 0 Å². The lowest BCUT2D eigenvalue weighted by Crippen LogP contribution is -2.04. The number of unbranched alkanes of at least 4 members (excludes halogenated alkanes) is 1. The number of carbonyl (C=O) groups excluding carboxylic acids is 2. The lowest BCUT2D eigenvalue weighted by Gasteiger charge is -2.01. The van der Waals surface area contributed by atoms with E-state index >= 15 is 0 Å². The number of primary amides is 1. The molecule has 0 aromatic rings. The fourth-order valence-electron chi connectivity index (χ4n) is 0.861. The Hall–Kier alpha value is -1.62. The van der Waals surface area contributed by atoms with Gasteiger partial charge in [-0.05, 0) is 32.3 Å². The first-order valence-electron chi connectivity index (χ1n) is 5.28. The van der Waals surface area contributed by atoms with Crippen LogP contribution in [0.25, 0.3) is 0 Å². The van der Waals surface area contributed by atoms with E-state index in [2.05, 4.69) is 17.0 Å². The summed E-state index contributed by atoms with van der Waals surface area (Å²) in [6.45, 7) is 5.44. The van der Waals surface area contributed by atoms with Crippen molar-refractivity contribution in [2.45, 2.75) is 26.2 Å². The third-order valence-corrected chi connectivity index (χ3v) is 1.69. The Bertz CT molecular complexity index is 272. The summed E-state index contributed by atoms with van der Waals surface area (Å²) in [6.07, 6.45) is 5.00. The van der Waals surface area contributed by atoms with Crippen molar-refractivity contribution in [2.75, 3.05) is 13.7 Å². The van der Waals surface area contributed by atoms with E-state index in [-0.39, 0.29) is 12.6 Å². The quantitative estimate of drug-likeness (QED) is 0.412. The second-order valence-corrected chi connectivity index (χ2v) is 3.18. The van der Waals surface area contributed by atoms with E-state index in [1.165, 1.54) is 13.2 Å². The standard InChI is InChI=1S/C8H14O3.C4H7NO/c1-7(8(10)11-2)5-3-4-6-9;1-2-3-4(5)6/h9H,1,3-6H2,2H3;2-3H,1H3,(H2,5,6). The number of allylic oxidation sites excluding steroid dienone is 1. The van der Waals surface area contributed by atoms with Crippen LogP contribution in [0.2, 0.25) is 0 Å². The molecular formula is C12H21NO4. The molecule has 17 heavy (non-hydrogen) atoms. The Labute approximate surface area is 102 Å². The van der Waals surface area contributed by atoms with Crippen molar-refractivity contribution < 1.29 is 19.4 Å². The maximum Gasteiger partial charge on any atom is 0.333 e. The van der Waals surface area contributed by atoms with E-state index in [9.17, 15) is 9.59 Å². The van der Waals surface area contributed by atoms with Gasteiger partial charge in [-0.15, -0.1) is 0 Å². The molecule has 0 atom stereocenters. The van der Waals surface area contributed by atoms with E-state index in [0.717, 1.165) is 6.42 Å². The molecule has 0 aliphatic heterocycles. The zero-order valence-electron chi connectivity index (χ0n) is 10.4. The summed E-state index contributed by atoms with van der Waals surface area (Å²) >= 11 is 0. The van der Waals surface area contributed by atoms with E-state index in [1.54, 1.807) is 13.0 Å². The lowest BCUT2D eigenvalue weighted by atomic mass is 10.1. The van der Waals surface area contributed by atoms with Gasteiger partial charge in [0.25, 0.3) is 0 Å². The second kappa shape index (κ2) is 12.4. The van der Waals surface area contributed by atoms with Crippen molar-refractivity contribution in [1.29, 1.82) is 0 Å². The van der Waals surface area contributed by atoms with Crippen molar-refractivity contribution in [3.05, 3.63) is 24.3 Å². The molecule has 0 spiro atoms. The minimum Gasteiger partial charge on any atom is -0.466 e. The maximum atomic E-state index is 10.7. The molecular weight excluding hydrogens is 222 g/mol. The van der Waals surface area contributed by atoms with Crippen molar-refractivity contribution >= 4 is 11.9 Å². The van der Waals surface area contributed by atoms with Crippen LogP contribution in [-0.4, -0.2) is 30.7 Å². The molecule has 0 bridgehead atoms. The number of rotatable bonds is 6. The van der Waals surface area contributed by atoms with Gasteiger partial charge in [-0.2, -0.15) is 0 Å². The summed E-state index contributed by atoms with van der Waals surface area (Å²) in [5.41, 5.74) is 5.15. The van der Waals surface area contributed by atoms with Crippen molar-refractivity contribution in [2.24, 2.45) is 5.73 Å². The van der Waals surface area contributed by atoms with Gasteiger partial charge in [-0.3, -0.25) is 4.79 Å². The largest absolute Gasteiger partial charge is 0.466 e. The SMILES string of the molecule is C=C(CCCCO)C(=O)OC.CC=CC(N)=O. The fourth-order valence-corrected chi connectivity index (χ4v) is 0.861. The number of methoxy groups -OCH3 is 1. The molecule has 0 saturated carbocycles. The van der Waals surface area contributed by atoms with E-state index < -0.39 is 5.91 Å². The Morgan fingerprint density at radius 1 is 1.41 bits per heavy atom. The number of esters is 1. The molecule has 3 N–H and O–H groups in total. The predicted molar refractivity (Wildman–Crippen MR) is 66.1 cm³/mol. The zero-order chi connectivity index (χ0) is 13.7. The van der Waals surface area contributed by atoms with Gasteiger partial charge in [0.05, 0.1) is 7.11 Å². The maximum absolute atomic E-state index is 10.7. The Morgan fingerprint density at radius 3 is 2.29 bits per heavy atom. The first-order valence-corrected chi connectivity index (χ1v) is 5.28. The number of ether oxygens (including phenoxy) is 1. The molecule has 0 radical (unpaired) electrons. The number of amides is 1.